The second kappa shape index (κ2) is 9.32. The van der Waals surface area contributed by atoms with E-state index in [2.05, 4.69) is 50.4 Å². The number of nitrogens with zero attached hydrogens (tertiary/aromatic N) is 4. The van der Waals surface area contributed by atoms with Gasteiger partial charge in [-0.3, -0.25) is 0 Å². The summed E-state index contributed by atoms with van der Waals surface area (Å²) in [5.74, 6) is 0.793. The molecule has 1 aliphatic rings. The van der Waals surface area contributed by atoms with E-state index in [4.69, 9.17) is 4.74 Å². The van der Waals surface area contributed by atoms with Gasteiger partial charge in [0.15, 0.2) is 6.73 Å². The number of aromatic amines is 1. The molecular weight excluding hydrogens is 380 g/mol. The van der Waals surface area contributed by atoms with Crippen molar-refractivity contribution < 1.29 is 9.84 Å². The van der Waals surface area contributed by atoms with Crippen LogP contribution in [0.1, 0.15) is 19.4 Å². The summed E-state index contributed by atoms with van der Waals surface area (Å²) >= 11 is 0. The Morgan fingerprint density at radius 3 is 2.83 bits per heavy atom. The van der Waals surface area contributed by atoms with Gasteiger partial charge in [0.25, 0.3) is 0 Å². The third kappa shape index (κ3) is 4.66. The first-order valence-electron chi connectivity index (χ1n) is 10.6. The maximum absolute atomic E-state index is 10.4. The van der Waals surface area contributed by atoms with Crippen molar-refractivity contribution in [3.05, 3.63) is 42.0 Å². The molecule has 0 fully saturated rings. The van der Waals surface area contributed by atoms with Gasteiger partial charge in [0, 0.05) is 37.4 Å². The van der Waals surface area contributed by atoms with Crippen molar-refractivity contribution in [1.29, 1.82) is 0 Å². The fraction of sp³-hybridized carbons (Fsp3) is 0.455. The molecule has 2 aromatic carbocycles. The number of H-pyrrole nitrogens is 1. The minimum atomic E-state index is -0.350. The van der Waals surface area contributed by atoms with Crippen LogP contribution in [0.3, 0.4) is 0 Å². The van der Waals surface area contributed by atoms with Crippen LogP contribution in [0.15, 0.2) is 36.4 Å². The lowest BCUT2D eigenvalue weighted by molar-refractivity contribution is 0.173. The van der Waals surface area contributed by atoms with Crippen molar-refractivity contribution in [2.24, 2.45) is 0 Å². The topological polar surface area (TPSA) is 89.5 Å². The van der Waals surface area contributed by atoms with E-state index in [1.807, 2.05) is 30.3 Å². The number of benzene rings is 2. The van der Waals surface area contributed by atoms with E-state index in [0.29, 0.717) is 19.7 Å². The van der Waals surface area contributed by atoms with Gasteiger partial charge >= 0.3 is 0 Å². The number of ether oxygens (including phenoxy) is 1. The summed E-state index contributed by atoms with van der Waals surface area (Å²) in [7, 11) is 0. The minimum Gasteiger partial charge on any atom is -0.473 e. The largest absolute Gasteiger partial charge is 0.473 e. The van der Waals surface area contributed by atoms with Crippen LogP contribution in [0.4, 0.5) is 11.4 Å². The van der Waals surface area contributed by atoms with Crippen LogP contribution in [0.25, 0.3) is 11.0 Å². The van der Waals surface area contributed by atoms with Crippen molar-refractivity contribution in [3.63, 3.8) is 0 Å². The number of likely N-dealkylation sites (N-methyl/N-ethyl adjacent to an activating group) is 1. The summed E-state index contributed by atoms with van der Waals surface area (Å²) in [4.78, 5) is 4.69. The van der Waals surface area contributed by atoms with Crippen LogP contribution in [0.5, 0.6) is 5.75 Å². The van der Waals surface area contributed by atoms with Crippen molar-refractivity contribution in [3.8, 4) is 5.75 Å². The highest BCUT2D eigenvalue weighted by Gasteiger charge is 2.23. The predicted octanol–water partition coefficient (Wildman–Crippen LogP) is 2.47. The molecule has 1 aromatic heterocycles. The van der Waals surface area contributed by atoms with Gasteiger partial charge in [0.2, 0.25) is 0 Å². The summed E-state index contributed by atoms with van der Waals surface area (Å²) in [6, 6.07) is 12.0. The van der Waals surface area contributed by atoms with E-state index < -0.39 is 0 Å². The Bertz CT molecular complexity index is 971. The molecule has 0 saturated heterocycles. The van der Waals surface area contributed by atoms with Gasteiger partial charge in [-0.25, -0.2) is 0 Å². The Morgan fingerprint density at radius 2 is 2.00 bits per heavy atom. The van der Waals surface area contributed by atoms with Gasteiger partial charge in [-0.2, -0.15) is 15.4 Å². The van der Waals surface area contributed by atoms with Crippen molar-refractivity contribution in [1.82, 2.24) is 20.3 Å². The maximum atomic E-state index is 10.4. The first-order valence-corrected chi connectivity index (χ1v) is 10.6. The van der Waals surface area contributed by atoms with Crippen LogP contribution >= 0.6 is 0 Å². The second-order valence-corrected chi connectivity index (χ2v) is 7.61. The molecule has 0 amide bonds. The summed E-state index contributed by atoms with van der Waals surface area (Å²) in [5, 5.41) is 24.4. The van der Waals surface area contributed by atoms with Gasteiger partial charge < -0.3 is 25.0 Å². The van der Waals surface area contributed by atoms with Crippen LogP contribution in [-0.4, -0.2) is 71.0 Å². The molecular formula is C22H30N6O2. The molecule has 0 spiro atoms. The van der Waals surface area contributed by atoms with E-state index in [-0.39, 0.29) is 6.10 Å². The fourth-order valence-electron chi connectivity index (χ4n) is 3.96. The van der Waals surface area contributed by atoms with E-state index in [0.717, 1.165) is 54.2 Å². The highest BCUT2D eigenvalue weighted by molar-refractivity contribution is 5.77. The lowest BCUT2D eigenvalue weighted by atomic mass is 9.99. The number of aromatic nitrogens is 3. The third-order valence-corrected chi connectivity index (χ3v) is 5.69. The summed E-state index contributed by atoms with van der Waals surface area (Å²) in [6.45, 7) is 9.40. The highest BCUT2D eigenvalue weighted by atomic mass is 16.5. The number of β-amino-alcohol motifs (C(OH)–C–C–N with tert-alkyl or cyclic N) is 1. The molecule has 4 rings (SSSR count). The summed E-state index contributed by atoms with van der Waals surface area (Å²) in [6.07, 6.45) is 0.307. The Hall–Kier alpha value is -2.84. The molecule has 1 unspecified atom stereocenters. The molecule has 8 nitrogen and oxygen atoms in total. The Kier molecular flexibility index (Phi) is 6.35. The predicted molar refractivity (Wildman–Crippen MR) is 119 cm³/mol. The standard InChI is InChI=1S/C22H30N6O2/c1-3-27(4-2)9-10-28-14-18(29)11-16-12-19(6-8-22(16)28)30-15-23-17-5-7-20-21(13-17)25-26-24-20/h5-8,12-13,18,23,29H,3-4,9-11,14-15H2,1-2H3,(H,24,25,26). The molecule has 0 aliphatic carbocycles. The molecule has 3 N–H and O–H groups in total. The quantitative estimate of drug-likeness (QED) is 0.467. The first kappa shape index (κ1) is 20.4. The molecule has 30 heavy (non-hydrogen) atoms. The first-order chi connectivity index (χ1) is 14.7. The van der Waals surface area contributed by atoms with E-state index in [1.165, 1.54) is 5.69 Å². The number of hydrogen-bond acceptors (Lipinski definition) is 7. The number of anilines is 2. The van der Waals surface area contributed by atoms with Crippen LogP contribution < -0.4 is 15.0 Å². The minimum absolute atomic E-state index is 0.344. The number of aliphatic hydroxyl groups excluding tert-OH is 1. The SMILES string of the molecule is CCN(CC)CCN1CC(O)Cc2cc(OCNc3ccc4n[nH]nc4c3)ccc21. The van der Waals surface area contributed by atoms with Crippen LogP contribution in [0.2, 0.25) is 0 Å². The molecule has 3 aromatic rings. The second-order valence-electron chi connectivity index (χ2n) is 7.61. The van der Waals surface area contributed by atoms with E-state index in [1.54, 1.807) is 0 Å². The van der Waals surface area contributed by atoms with Gasteiger partial charge in [-0.1, -0.05) is 13.8 Å². The van der Waals surface area contributed by atoms with Gasteiger partial charge in [0.05, 0.1) is 6.10 Å². The molecule has 2 heterocycles. The number of fused-ring (bicyclic) bond motifs is 2. The lowest BCUT2D eigenvalue weighted by Gasteiger charge is -2.35. The molecule has 8 heteroatoms. The molecule has 0 saturated carbocycles. The Morgan fingerprint density at radius 1 is 1.17 bits per heavy atom. The van der Waals surface area contributed by atoms with Crippen molar-refractivity contribution >= 4 is 22.4 Å². The summed E-state index contributed by atoms with van der Waals surface area (Å²) in [5.41, 5.74) is 4.90. The monoisotopic (exact) mass is 410 g/mol. The Labute approximate surface area is 176 Å². The normalized spacial score (nSPS) is 16.1. The smallest absolute Gasteiger partial charge is 0.159 e. The zero-order valence-electron chi connectivity index (χ0n) is 17.6. The zero-order chi connectivity index (χ0) is 20.9. The van der Waals surface area contributed by atoms with Crippen LogP contribution in [-0.2, 0) is 6.42 Å². The molecule has 0 radical (unpaired) electrons. The number of nitrogens with one attached hydrogen (secondary N) is 2. The van der Waals surface area contributed by atoms with Crippen molar-refractivity contribution in [2.75, 3.05) is 49.7 Å². The average molecular weight is 411 g/mol. The molecule has 1 aliphatic heterocycles. The van der Waals surface area contributed by atoms with Gasteiger partial charge in [-0.15, -0.1) is 0 Å². The van der Waals surface area contributed by atoms with Crippen LogP contribution in [0, 0.1) is 0 Å². The average Bonchev–Trinajstić information content (AvgIpc) is 3.22. The molecule has 1 atom stereocenters. The third-order valence-electron chi connectivity index (χ3n) is 5.69. The number of aliphatic hydroxyl groups is 1. The fourth-order valence-corrected chi connectivity index (χ4v) is 3.96. The molecule has 160 valence electrons. The van der Waals surface area contributed by atoms with E-state index in [9.17, 15) is 5.11 Å². The zero-order valence-corrected chi connectivity index (χ0v) is 17.6. The van der Waals surface area contributed by atoms with E-state index >= 15 is 0 Å². The lowest BCUT2D eigenvalue weighted by Crippen LogP contribution is -2.42. The van der Waals surface area contributed by atoms with Gasteiger partial charge in [0.1, 0.15) is 16.8 Å². The molecule has 0 bridgehead atoms. The maximum Gasteiger partial charge on any atom is 0.159 e. The van der Waals surface area contributed by atoms with Gasteiger partial charge in [-0.05, 0) is 55.1 Å². The van der Waals surface area contributed by atoms with Crippen molar-refractivity contribution in [2.45, 2.75) is 26.4 Å². The summed E-state index contributed by atoms with van der Waals surface area (Å²) < 4.78 is 5.91. The number of hydrogen-bond donors (Lipinski definition) is 3. The number of rotatable bonds is 9. The highest BCUT2D eigenvalue weighted by Crippen LogP contribution is 2.30. The Balaban J connectivity index is 1.37.